The minimum atomic E-state index is -1.24. The smallest absolute Gasteiger partial charge is 0.249 e. The summed E-state index contributed by atoms with van der Waals surface area (Å²) in [5.41, 5.74) is -1.24. The van der Waals surface area contributed by atoms with Crippen molar-refractivity contribution in [3.05, 3.63) is 24.3 Å². The minimum absolute atomic E-state index is 0.00271. The van der Waals surface area contributed by atoms with E-state index in [9.17, 15) is 19.5 Å². The second-order valence-electron chi connectivity index (χ2n) is 11.0. The average Bonchev–Trinajstić information content (AvgIpc) is 3.17. The van der Waals surface area contributed by atoms with Gasteiger partial charge in [0.1, 0.15) is 11.6 Å². The molecule has 4 aliphatic rings. The summed E-state index contributed by atoms with van der Waals surface area (Å²) in [6, 6.07) is -1.44. The second kappa shape index (κ2) is 10.7. The standard InChI is InChI=1S/C28H43N3O5/c1-6-11-19(5)30-16-10-13-28-23(22-21(36-28)12-9-15-29(14-7-2)25(22)33)26(34)31(24(28)27(30)35)20(17-32)18(4)8-3/h9-10,12-13,18-24,32H,6-8,11,14-17H2,1-5H3/t18-,19?,20-,21+,22-,23-,24?,28-/m0/s1. The number of hydrogen-bond acceptors (Lipinski definition) is 5. The lowest BCUT2D eigenvalue weighted by Crippen LogP contribution is -2.60. The molecule has 0 aromatic carbocycles. The van der Waals surface area contributed by atoms with Crippen molar-refractivity contribution in [1.29, 1.82) is 0 Å². The molecule has 1 N–H and O–H groups in total. The predicted octanol–water partition coefficient (Wildman–Crippen LogP) is 2.37. The van der Waals surface area contributed by atoms with Gasteiger partial charge in [0.15, 0.2) is 0 Å². The molecule has 0 radical (unpaired) electrons. The van der Waals surface area contributed by atoms with E-state index in [0.717, 1.165) is 25.7 Å². The number of nitrogens with zero attached hydrogens (tertiary/aromatic N) is 3. The Morgan fingerprint density at radius 2 is 1.81 bits per heavy atom. The lowest BCUT2D eigenvalue weighted by Gasteiger charge is -2.41. The normalized spacial score (nSPS) is 34.3. The highest BCUT2D eigenvalue weighted by Gasteiger charge is 2.72. The lowest BCUT2D eigenvalue weighted by molar-refractivity contribution is -0.153. The maximum absolute atomic E-state index is 14.3. The molecule has 0 aliphatic carbocycles. The topological polar surface area (TPSA) is 90.4 Å². The van der Waals surface area contributed by atoms with Gasteiger partial charge >= 0.3 is 0 Å². The van der Waals surface area contributed by atoms with Crippen LogP contribution in [-0.2, 0) is 19.1 Å². The van der Waals surface area contributed by atoms with Gasteiger partial charge in [-0.2, -0.15) is 0 Å². The molecule has 4 heterocycles. The Labute approximate surface area is 215 Å². The van der Waals surface area contributed by atoms with Crippen LogP contribution in [0.3, 0.4) is 0 Å². The Bertz CT molecular complexity index is 919. The molecule has 8 atom stereocenters. The van der Waals surface area contributed by atoms with E-state index in [1.54, 1.807) is 9.80 Å². The molecule has 0 aromatic rings. The molecule has 0 saturated carbocycles. The number of amides is 3. The number of likely N-dealkylation sites (tertiary alicyclic amines) is 1. The Hall–Kier alpha value is -2.19. The van der Waals surface area contributed by atoms with Crippen LogP contribution in [0, 0.1) is 17.8 Å². The molecule has 8 heteroatoms. The van der Waals surface area contributed by atoms with Gasteiger partial charge in [-0.1, -0.05) is 64.8 Å². The average molecular weight is 502 g/mol. The summed E-state index contributed by atoms with van der Waals surface area (Å²) in [4.78, 5) is 47.7. The SMILES string of the molecule is CCCC(C)N1CC=C[C@]23O[C@@H]4C=CCN(CCC)C(=O)[C@@H]4[C@H]2C(=O)N([C@@H](CO)[C@@H](C)CC)C3C1=O. The summed E-state index contributed by atoms with van der Waals surface area (Å²) < 4.78 is 6.69. The molecule has 2 fully saturated rings. The van der Waals surface area contributed by atoms with Crippen molar-refractivity contribution in [1.82, 2.24) is 14.7 Å². The molecule has 0 aromatic heterocycles. The molecule has 4 aliphatic heterocycles. The van der Waals surface area contributed by atoms with Gasteiger partial charge in [-0.05, 0) is 25.7 Å². The van der Waals surface area contributed by atoms with E-state index in [2.05, 4.69) is 6.92 Å². The first-order valence-electron chi connectivity index (χ1n) is 13.8. The lowest BCUT2D eigenvalue weighted by atomic mass is 9.77. The van der Waals surface area contributed by atoms with Crippen molar-refractivity contribution in [3.63, 3.8) is 0 Å². The third-order valence-corrected chi connectivity index (χ3v) is 8.79. The zero-order valence-corrected chi connectivity index (χ0v) is 22.4. The summed E-state index contributed by atoms with van der Waals surface area (Å²) in [6.45, 7) is 11.5. The van der Waals surface area contributed by atoms with Crippen molar-refractivity contribution in [2.75, 3.05) is 26.2 Å². The van der Waals surface area contributed by atoms with Gasteiger partial charge in [0.2, 0.25) is 17.7 Å². The van der Waals surface area contributed by atoms with Crippen LogP contribution in [-0.4, -0.2) is 93.6 Å². The Balaban J connectivity index is 1.85. The number of carbonyl (C=O) groups excluding carboxylic acids is 3. The maximum Gasteiger partial charge on any atom is 0.249 e. The van der Waals surface area contributed by atoms with Crippen molar-refractivity contribution >= 4 is 17.7 Å². The van der Waals surface area contributed by atoms with Crippen molar-refractivity contribution < 1.29 is 24.2 Å². The number of ether oxygens (including phenoxy) is 1. The summed E-state index contributed by atoms with van der Waals surface area (Å²) >= 11 is 0. The summed E-state index contributed by atoms with van der Waals surface area (Å²) in [5, 5.41) is 10.5. The molecule has 2 saturated heterocycles. The highest BCUT2D eigenvalue weighted by Crippen LogP contribution is 2.54. The van der Waals surface area contributed by atoms with Crippen LogP contribution in [0.5, 0.6) is 0 Å². The molecule has 36 heavy (non-hydrogen) atoms. The van der Waals surface area contributed by atoms with E-state index in [0.29, 0.717) is 19.6 Å². The van der Waals surface area contributed by atoms with Crippen molar-refractivity contribution in [3.8, 4) is 0 Å². The van der Waals surface area contributed by atoms with Gasteiger partial charge in [0.05, 0.1) is 30.6 Å². The zero-order valence-electron chi connectivity index (χ0n) is 22.4. The first kappa shape index (κ1) is 26.9. The van der Waals surface area contributed by atoms with Crippen LogP contribution in [0.2, 0.25) is 0 Å². The number of carbonyl (C=O) groups is 3. The Morgan fingerprint density at radius 1 is 1.06 bits per heavy atom. The van der Waals surface area contributed by atoms with Crippen LogP contribution in [0.25, 0.3) is 0 Å². The van der Waals surface area contributed by atoms with Gasteiger partial charge in [0.25, 0.3) is 0 Å². The molecule has 0 bridgehead atoms. The van der Waals surface area contributed by atoms with E-state index in [1.807, 2.05) is 56.9 Å². The number of aliphatic hydroxyl groups is 1. The van der Waals surface area contributed by atoms with E-state index < -0.39 is 35.6 Å². The Kier molecular flexibility index (Phi) is 7.95. The highest BCUT2D eigenvalue weighted by molar-refractivity contribution is 6.00. The van der Waals surface area contributed by atoms with E-state index >= 15 is 0 Å². The monoisotopic (exact) mass is 501 g/mol. The predicted molar refractivity (Wildman–Crippen MR) is 137 cm³/mol. The molecular weight excluding hydrogens is 458 g/mol. The van der Waals surface area contributed by atoms with Crippen LogP contribution in [0.15, 0.2) is 24.3 Å². The van der Waals surface area contributed by atoms with E-state index in [-0.39, 0.29) is 36.3 Å². The number of fused-ring (bicyclic) bond motifs is 2. The fraction of sp³-hybridized carbons (Fsp3) is 0.750. The van der Waals surface area contributed by atoms with Crippen LogP contribution in [0.1, 0.15) is 60.3 Å². The van der Waals surface area contributed by atoms with E-state index in [1.165, 1.54) is 0 Å². The number of hydrogen-bond donors (Lipinski definition) is 1. The fourth-order valence-electron chi connectivity index (χ4n) is 6.76. The second-order valence-corrected chi connectivity index (χ2v) is 11.0. The van der Waals surface area contributed by atoms with Gasteiger partial charge in [0, 0.05) is 25.7 Å². The molecule has 1 spiro atoms. The van der Waals surface area contributed by atoms with Crippen LogP contribution < -0.4 is 0 Å². The third kappa shape index (κ3) is 4.10. The number of rotatable bonds is 9. The minimum Gasteiger partial charge on any atom is -0.394 e. The summed E-state index contributed by atoms with van der Waals surface area (Å²) in [5.74, 6) is -2.01. The van der Waals surface area contributed by atoms with Crippen molar-refractivity contribution in [2.45, 2.75) is 90.1 Å². The van der Waals surface area contributed by atoms with Crippen molar-refractivity contribution in [2.24, 2.45) is 17.8 Å². The maximum atomic E-state index is 14.3. The molecule has 200 valence electrons. The van der Waals surface area contributed by atoms with Gasteiger partial charge in [-0.25, -0.2) is 0 Å². The first-order valence-corrected chi connectivity index (χ1v) is 13.8. The highest BCUT2D eigenvalue weighted by atomic mass is 16.5. The fourth-order valence-corrected chi connectivity index (χ4v) is 6.76. The summed E-state index contributed by atoms with van der Waals surface area (Å²) in [7, 11) is 0. The van der Waals surface area contributed by atoms with Gasteiger partial charge in [-0.3, -0.25) is 14.4 Å². The van der Waals surface area contributed by atoms with Gasteiger partial charge < -0.3 is 24.5 Å². The first-order chi connectivity index (χ1) is 17.3. The molecular formula is C28H43N3O5. The molecule has 3 amide bonds. The third-order valence-electron chi connectivity index (χ3n) is 8.79. The Morgan fingerprint density at radius 3 is 2.44 bits per heavy atom. The quantitative estimate of drug-likeness (QED) is 0.490. The van der Waals surface area contributed by atoms with Crippen LogP contribution in [0.4, 0.5) is 0 Å². The zero-order chi connectivity index (χ0) is 26.2. The number of aliphatic hydroxyl groups excluding tert-OH is 1. The molecule has 2 unspecified atom stereocenters. The largest absolute Gasteiger partial charge is 0.394 e. The molecule has 8 nitrogen and oxygen atoms in total. The van der Waals surface area contributed by atoms with Gasteiger partial charge in [-0.15, -0.1) is 0 Å². The van der Waals surface area contributed by atoms with Crippen LogP contribution >= 0.6 is 0 Å². The summed E-state index contributed by atoms with van der Waals surface area (Å²) in [6.07, 6.45) is 10.5. The molecule has 4 rings (SSSR count). The van der Waals surface area contributed by atoms with E-state index in [4.69, 9.17) is 4.74 Å².